The molecule has 0 saturated heterocycles. The van der Waals surface area contributed by atoms with Crippen LogP contribution in [0.15, 0.2) is 0 Å². The maximum absolute atomic E-state index is 3.13. The lowest BCUT2D eigenvalue weighted by molar-refractivity contribution is 1.01. The molecule has 0 N–H and O–H groups in total. The van der Waals surface area contributed by atoms with Gasteiger partial charge in [0.05, 0.1) is 5.25 Å². The number of hydrogen-bond donors (Lipinski definition) is 0. The second-order valence-electron chi connectivity index (χ2n) is 2.35. The van der Waals surface area contributed by atoms with Crippen molar-refractivity contribution in [3.63, 3.8) is 0 Å². The summed E-state index contributed by atoms with van der Waals surface area (Å²) in [6.45, 7) is 5.99. The van der Waals surface area contributed by atoms with E-state index in [1.54, 1.807) is 11.8 Å². The predicted molar refractivity (Wildman–Crippen MR) is 68.6 cm³/mol. The van der Waals surface area contributed by atoms with E-state index < -0.39 is 0 Å². The Kier molecular flexibility index (Phi) is 10.00. The van der Waals surface area contributed by atoms with Crippen LogP contribution in [0.5, 0.6) is 0 Å². The third kappa shape index (κ3) is 8.00. The smallest absolute Gasteiger partial charge is 0.0786 e. The van der Waals surface area contributed by atoms with Crippen LogP contribution in [0.2, 0.25) is 0 Å². The van der Waals surface area contributed by atoms with Gasteiger partial charge >= 0.3 is 0 Å². The van der Waals surface area contributed by atoms with E-state index >= 15 is 0 Å². The fourth-order valence-electron chi connectivity index (χ4n) is 0.574. The summed E-state index contributed by atoms with van der Waals surface area (Å²) in [6, 6.07) is 0. The van der Waals surface area contributed by atoms with Gasteiger partial charge in [0.1, 0.15) is 0 Å². The van der Waals surface area contributed by atoms with Crippen LogP contribution in [0.1, 0.15) is 33.6 Å². The third-order valence-electron chi connectivity index (χ3n) is 1.24. The molecule has 0 rings (SSSR count). The van der Waals surface area contributed by atoms with Gasteiger partial charge in [0.15, 0.2) is 0 Å². The molecular weight excluding hydrogens is 208 g/mol. The van der Waals surface area contributed by atoms with Gasteiger partial charge in [0, 0.05) is 18.2 Å². The summed E-state index contributed by atoms with van der Waals surface area (Å²) in [5.41, 5.74) is 0. The highest BCUT2D eigenvalue weighted by Gasteiger charge is 1.98. The fourth-order valence-corrected chi connectivity index (χ4v) is 1.66. The summed E-state index contributed by atoms with van der Waals surface area (Å²) in [5, 5.41) is 9.19. The van der Waals surface area contributed by atoms with Gasteiger partial charge in [-0.2, -0.15) is 0 Å². The Balaban J connectivity index is 3.94. The van der Waals surface area contributed by atoms with E-state index in [9.17, 15) is 0 Å². The molecule has 0 spiro atoms. The van der Waals surface area contributed by atoms with Gasteiger partial charge in [-0.3, -0.25) is 0 Å². The molecule has 0 nitrogen and oxygen atoms in total. The van der Waals surface area contributed by atoms with Crippen molar-refractivity contribution < 1.29 is 0 Å². The van der Waals surface area contributed by atoms with Crippen LogP contribution < -0.4 is 0 Å². The van der Waals surface area contributed by atoms with Gasteiger partial charge < -0.3 is 0 Å². The van der Waals surface area contributed by atoms with Crippen molar-refractivity contribution in [1.82, 2.24) is 0 Å². The van der Waals surface area contributed by atoms with E-state index in [1.807, 2.05) is 13.8 Å². The van der Waals surface area contributed by atoms with E-state index in [1.165, 1.54) is 11.8 Å². The Morgan fingerprint density at radius 3 is 2.50 bits per heavy atom. The van der Waals surface area contributed by atoms with Crippen molar-refractivity contribution in [3.05, 3.63) is 0 Å². The zero-order valence-corrected chi connectivity index (χ0v) is 10.4. The van der Waals surface area contributed by atoms with E-state index in [0.29, 0.717) is 5.25 Å². The van der Waals surface area contributed by atoms with Crippen LogP contribution in [0.3, 0.4) is 0 Å². The number of thioether (sulfide) groups is 2. The van der Waals surface area contributed by atoms with Crippen LogP contribution in [-0.2, 0) is 0 Å². The largest absolute Gasteiger partial charge is 0.0946 e. The minimum absolute atomic E-state index is 0.318. The lowest BCUT2D eigenvalue weighted by Crippen LogP contribution is -1.93. The minimum atomic E-state index is 0.318. The molecule has 0 aromatic carbocycles. The summed E-state index contributed by atoms with van der Waals surface area (Å²) in [7, 11) is 0. The molecule has 0 aliphatic carbocycles. The van der Waals surface area contributed by atoms with Gasteiger partial charge in [-0.15, -0.1) is 0 Å². The lowest BCUT2D eigenvalue weighted by Gasteiger charge is -1.98. The first-order valence-electron chi connectivity index (χ1n) is 4.56. The molecule has 0 bridgehead atoms. The highest BCUT2D eigenvalue weighted by Crippen LogP contribution is 2.12. The maximum Gasteiger partial charge on any atom is 0.0786 e. The number of rotatable bonds is 2. The summed E-state index contributed by atoms with van der Waals surface area (Å²) in [5.74, 6) is 8.95. The van der Waals surface area contributed by atoms with E-state index in [0.717, 1.165) is 12.8 Å². The first kappa shape index (κ1) is 13.4. The molecule has 0 radical (unpaired) electrons. The Morgan fingerprint density at radius 1 is 1.14 bits per heavy atom. The maximum atomic E-state index is 3.13. The quantitative estimate of drug-likeness (QED) is 0.655. The molecule has 1 unspecified atom stereocenters. The van der Waals surface area contributed by atoms with Crippen molar-refractivity contribution in [2.75, 3.05) is 0 Å². The third-order valence-corrected chi connectivity index (χ3v) is 2.77. The fraction of sp³-hybridized carbons (Fsp3) is 0.500. The molecule has 74 valence electrons. The summed E-state index contributed by atoms with van der Waals surface area (Å²) < 4.78 is 0. The van der Waals surface area contributed by atoms with Crippen LogP contribution in [0.25, 0.3) is 0 Å². The zero-order chi connectivity index (χ0) is 10.6. The van der Waals surface area contributed by atoms with Gasteiger partial charge in [0.2, 0.25) is 0 Å². The molecule has 0 aliphatic rings. The van der Waals surface area contributed by atoms with Crippen LogP contribution in [0.4, 0.5) is 0 Å². The molecule has 0 aromatic heterocycles. The molecule has 0 aliphatic heterocycles. The molecule has 0 amide bonds. The highest BCUT2D eigenvalue weighted by atomic mass is 32.2. The molecular formula is C12H14S2. The second-order valence-corrected chi connectivity index (χ2v) is 3.97. The van der Waals surface area contributed by atoms with Crippen LogP contribution in [0, 0.1) is 33.5 Å². The van der Waals surface area contributed by atoms with Gasteiger partial charge in [0.25, 0.3) is 0 Å². The van der Waals surface area contributed by atoms with E-state index in [-0.39, 0.29) is 0 Å². The molecule has 0 heterocycles. The first-order valence-corrected chi connectivity index (χ1v) is 6.26. The Bertz CT molecular complexity index is 311. The lowest BCUT2D eigenvalue weighted by atomic mass is 10.3. The predicted octanol–water partition coefficient (Wildman–Crippen LogP) is 3.54. The normalized spacial score (nSPS) is 9.64. The average molecular weight is 222 g/mol. The van der Waals surface area contributed by atoms with Crippen LogP contribution in [-0.4, -0.2) is 5.25 Å². The van der Waals surface area contributed by atoms with Crippen molar-refractivity contribution in [3.8, 4) is 33.5 Å². The molecule has 0 aromatic rings. The second kappa shape index (κ2) is 10.5. The first-order chi connectivity index (χ1) is 6.85. The molecule has 14 heavy (non-hydrogen) atoms. The Hall–Kier alpha value is -0.620. The standard InChI is InChI=1S/C12H14S2/c1-4-7-10-13-11-8-12(6-3)14-9-5-2/h12H,4,6H2,1-3H3. The highest BCUT2D eigenvalue weighted by molar-refractivity contribution is 8.08. The Morgan fingerprint density at radius 2 is 1.93 bits per heavy atom. The molecule has 2 heteroatoms. The molecule has 1 atom stereocenters. The zero-order valence-electron chi connectivity index (χ0n) is 8.81. The monoisotopic (exact) mass is 222 g/mol. The molecule has 0 saturated carbocycles. The molecule has 0 fully saturated rings. The van der Waals surface area contributed by atoms with Crippen LogP contribution >= 0.6 is 23.5 Å². The SMILES string of the molecule is CC#CSC(C#CSC#CCC)CC. The summed E-state index contributed by atoms with van der Waals surface area (Å²) >= 11 is 2.96. The Labute approximate surface area is 96.0 Å². The summed E-state index contributed by atoms with van der Waals surface area (Å²) in [6.07, 6.45) is 1.91. The topological polar surface area (TPSA) is 0 Å². The number of hydrogen-bond acceptors (Lipinski definition) is 2. The van der Waals surface area contributed by atoms with Gasteiger partial charge in [-0.05, 0) is 29.1 Å². The van der Waals surface area contributed by atoms with Crippen molar-refractivity contribution in [2.24, 2.45) is 0 Å². The van der Waals surface area contributed by atoms with Crippen molar-refractivity contribution in [2.45, 2.75) is 38.9 Å². The van der Waals surface area contributed by atoms with Crippen molar-refractivity contribution in [1.29, 1.82) is 0 Å². The van der Waals surface area contributed by atoms with Gasteiger partial charge in [-0.1, -0.05) is 43.4 Å². The van der Waals surface area contributed by atoms with Crippen molar-refractivity contribution >= 4 is 23.5 Å². The minimum Gasteiger partial charge on any atom is -0.0946 e. The average Bonchev–Trinajstić information content (AvgIpc) is 2.22. The van der Waals surface area contributed by atoms with E-state index in [2.05, 4.69) is 40.4 Å². The van der Waals surface area contributed by atoms with Gasteiger partial charge in [-0.25, -0.2) is 0 Å². The van der Waals surface area contributed by atoms with E-state index in [4.69, 9.17) is 0 Å². The summed E-state index contributed by atoms with van der Waals surface area (Å²) in [4.78, 5) is 0.